The lowest BCUT2D eigenvalue weighted by Crippen LogP contribution is -2.39. The van der Waals surface area contributed by atoms with E-state index in [4.69, 9.17) is 0 Å². The first-order valence-electron chi connectivity index (χ1n) is 10.2. The molecule has 2 aliphatic rings. The maximum atomic E-state index is 14.5. The van der Waals surface area contributed by atoms with Gasteiger partial charge in [0, 0.05) is 25.2 Å². The Labute approximate surface area is 168 Å². The van der Waals surface area contributed by atoms with Crippen molar-refractivity contribution >= 4 is 7.44 Å². The monoisotopic (exact) mass is 396 g/mol. The molecule has 4 rings (SSSR count). The van der Waals surface area contributed by atoms with Gasteiger partial charge in [-0.1, -0.05) is 86.2 Å². The highest BCUT2D eigenvalue weighted by Gasteiger charge is 2.57. The third-order valence-electron chi connectivity index (χ3n) is 6.13. The number of hydrogen-bond donors (Lipinski definition) is 1. The topological polar surface area (TPSA) is 43.8 Å². The lowest BCUT2D eigenvalue weighted by Gasteiger charge is -2.34. The van der Waals surface area contributed by atoms with Gasteiger partial charge < -0.3 is 5.11 Å². The molecule has 2 aromatic rings. The highest BCUT2D eigenvalue weighted by Crippen LogP contribution is 2.67. The second-order valence-corrected chi connectivity index (χ2v) is 10.6. The lowest BCUT2D eigenvalue weighted by atomic mass is 9.90. The zero-order valence-corrected chi connectivity index (χ0v) is 17.1. The Bertz CT molecular complexity index is 781. The zero-order chi connectivity index (χ0) is 19.6. The fourth-order valence-electron chi connectivity index (χ4n) is 4.78. The number of fused-ring (bicyclic) bond motifs is 1. The quantitative estimate of drug-likeness (QED) is 0.550. The number of aliphatic hydroxyl groups is 1. The third-order valence-corrected chi connectivity index (χ3v) is 9.37. The first-order valence-corrected chi connectivity index (χ1v) is 11.8. The van der Waals surface area contributed by atoms with E-state index in [0.717, 1.165) is 36.8 Å². The molecule has 2 aromatic carbocycles. The van der Waals surface area contributed by atoms with Crippen molar-refractivity contribution in [2.45, 2.75) is 56.7 Å². The van der Waals surface area contributed by atoms with Crippen molar-refractivity contribution in [3.05, 3.63) is 84.4 Å². The molecule has 0 aromatic heterocycles. The highest BCUT2D eigenvalue weighted by molar-refractivity contribution is 7.60. The van der Waals surface area contributed by atoms with Gasteiger partial charge in [0.05, 0.1) is 0 Å². The molecule has 1 aliphatic carbocycles. The molecule has 0 bridgehead atoms. The van der Waals surface area contributed by atoms with Crippen molar-refractivity contribution < 1.29 is 9.67 Å². The van der Waals surface area contributed by atoms with Gasteiger partial charge in [-0.25, -0.2) is 9.34 Å². The molecule has 0 radical (unpaired) electrons. The summed E-state index contributed by atoms with van der Waals surface area (Å²) < 4.78 is 18.7. The predicted octanol–water partition coefficient (Wildman–Crippen LogP) is 5.01. The zero-order valence-electron chi connectivity index (χ0n) is 16.2. The van der Waals surface area contributed by atoms with Gasteiger partial charge in [0.15, 0.2) is 5.85 Å². The van der Waals surface area contributed by atoms with Gasteiger partial charge in [0.25, 0.3) is 0 Å². The highest BCUT2D eigenvalue weighted by atomic mass is 31.2. The van der Waals surface area contributed by atoms with Crippen molar-refractivity contribution in [2.24, 2.45) is 0 Å². The minimum absolute atomic E-state index is 0.207. The third kappa shape index (κ3) is 3.51. The van der Waals surface area contributed by atoms with Crippen LogP contribution in [0.4, 0.5) is 0 Å². The first-order chi connectivity index (χ1) is 13.6. The fourth-order valence-corrected chi connectivity index (χ4v) is 8.08. The molecular formula is C23H29N2O2P. The molecule has 1 heterocycles. The summed E-state index contributed by atoms with van der Waals surface area (Å²) in [6, 6.07) is 20.8. The number of hydrogen-bond acceptors (Lipinski definition) is 2. The molecule has 1 saturated carbocycles. The van der Waals surface area contributed by atoms with Gasteiger partial charge >= 0.3 is 0 Å². The standard InChI is InChI=1S/C23H29N2O2P/c1-2-23(26)28(27)24(17-19-11-5-3-6-12-19)21-15-9-10-16-22(21)25(28)18-20-13-7-4-8-14-20/h2-8,11-14,21-23,26H,1,9-10,15-18H2/t21-,22-,23?/m1/s1. The maximum Gasteiger partial charge on any atom is 0.249 e. The SMILES string of the molecule is C=CC(O)P1(=O)N(Cc2ccccc2)[C@@H]2CCCC[C@H]2N1Cc1ccccc1. The van der Waals surface area contributed by atoms with Crippen molar-refractivity contribution in [3.8, 4) is 0 Å². The van der Waals surface area contributed by atoms with Gasteiger partial charge in [0.2, 0.25) is 7.44 Å². The Morgan fingerprint density at radius 1 is 0.929 bits per heavy atom. The van der Waals surface area contributed by atoms with Crippen molar-refractivity contribution in [1.82, 2.24) is 9.34 Å². The van der Waals surface area contributed by atoms with Gasteiger partial charge in [-0.3, -0.25) is 4.57 Å². The van der Waals surface area contributed by atoms with Crippen LogP contribution in [-0.4, -0.2) is 32.4 Å². The van der Waals surface area contributed by atoms with Crippen LogP contribution >= 0.6 is 7.44 Å². The smallest absolute Gasteiger partial charge is 0.249 e. The second kappa shape index (κ2) is 8.34. The maximum absolute atomic E-state index is 14.5. The molecule has 1 N–H and O–H groups in total. The molecule has 0 amide bonds. The molecule has 4 nitrogen and oxygen atoms in total. The van der Waals surface area contributed by atoms with E-state index in [-0.39, 0.29) is 12.1 Å². The van der Waals surface area contributed by atoms with Crippen LogP contribution in [0.15, 0.2) is 73.3 Å². The van der Waals surface area contributed by atoms with E-state index in [2.05, 4.69) is 40.2 Å². The summed E-state index contributed by atoms with van der Waals surface area (Å²) in [5.74, 6) is -1.05. The van der Waals surface area contributed by atoms with Gasteiger partial charge in [-0.15, -0.1) is 0 Å². The van der Waals surface area contributed by atoms with Crippen molar-refractivity contribution in [2.75, 3.05) is 0 Å². The summed E-state index contributed by atoms with van der Waals surface area (Å²) in [6.45, 7) is 4.96. The Kier molecular flexibility index (Phi) is 5.84. The Morgan fingerprint density at radius 2 is 1.36 bits per heavy atom. The first kappa shape index (κ1) is 19.6. The number of benzene rings is 2. The van der Waals surface area contributed by atoms with E-state index >= 15 is 0 Å². The Hall–Kier alpha value is -1.71. The lowest BCUT2D eigenvalue weighted by molar-refractivity contribution is 0.197. The molecule has 1 aliphatic heterocycles. The van der Waals surface area contributed by atoms with Crippen LogP contribution in [0, 0.1) is 0 Å². The molecule has 2 fully saturated rings. The molecule has 0 spiro atoms. The van der Waals surface area contributed by atoms with Crippen LogP contribution in [0.2, 0.25) is 0 Å². The van der Waals surface area contributed by atoms with E-state index in [1.54, 1.807) is 0 Å². The molecule has 28 heavy (non-hydrogen) atoms. The summed E-state index contributed by atoms with van der Waals surface area (Å²) in [4.78, 5) is 0. The predicted molar refractivity (Wildman–Crippen MR) is 114 cm³/mol. The van der Waals surface area contributed by atoms with E-state index in [1.807, 2.05) is 36.4 Å². The van der Waals surface area contributed by atoms with Crippen LogP contribution in [0.1, 0.15) is 36.8 Å². The normalized spacial score (nSPS) is 25.9. The number of rotatable bonds is 6. The van der Waals surface area contributed by atoms with Gasteiger partial charge in [-0.05, 0) is 24.0 Å². The van der Waals surface area contributed by atoms with E-state index in [1.165, 1.54) is 6.08 Å². The Balaban J connectivity index is 1.74. The Morgan fingerprint density at radius 3 is 1.75 bits per heavy atom. The van der Waals surface area contributed by atoms with Crippen LogP contribution in [0.5, 0.6) is 0 Å². The molecule has 5 heteroatoms. The number of nitrogens with zero attached hydrogens (tertiary/aromatic N) is 2. The molecule has 3 atom stereocenters. The second-order valence-electron chi connectivity index (χ2n) is 7.82. The van der Waals surface area contributed by atoms with E-state index in [0.29, 0.717) is 13.1 Å². The summed E-state index contributed by atoms with van der Waals surface area (Å²) in [5.41, 5.74) is 2.26. The minimum atomic E-state index is -3.21. The fraction of sp³-hybridized carbons (Fsp3) is 0.391. The van der Waals surface area contributed by atoms with Crippen LogP contribution < -0.4 is 0 Å². The summed E-state index contributed by atoms with van der Waals surface area (Å²) in [7, 11) is -3.21. The summed E-state index contributed by atoms with van der Waals surface area (Å²) in [5, 5.41) is 10.9. The number of aliphatic hydroxyl groups excluding tert-OH is 1. The molecule has 1 saturated heterocycles. The van der Waals surface area contributed by atoms with E-state index < -0.39 is 13.3 Å². The van der Waals surface area contributed by atoms with Gasteiger partial charge in [0.1, 0.15) is 0 Å². The minimum Gasteiger partial charge on any atom is -0.379 e. The summed E-state index contributed by atoms with van der Waals surface area (Å²) >= 11 is 0. The average Bonchev–Trinajstić information content (AvgIpc) is 2.98. The van der Waals surface area contributed by atoms with Crippen LogP contribution in [0.3, 0.4) is 0 Å². The average molecular weight is 396 g/mol. The van der Waals surface area contributed by atoms with E-state index in [9.17, 15) is 9.67 Å². The summed E-state index contributed by atoms with van der Waals surface area (Å²) in [6.07, 6.45) is 5.80. The van der Waals surface area contributed by atoms with Crippen LogP contribution in [-0.2, 0) is 17.7 Å². The van der Waals surface area contributed by atoms with Crippen LogP contribution in [0.25, 0.3) is 0 Å². The van der Waals surface area contributed by atoms with Gasteiger partial charge in [-0.2, -0.15) is 0 Å². The molecule has 148 valence electrons. The van der Waals surface area contributed by atoms with Crippen molar-refractivity contribution in [1.29, 1.82) is 0 Å². The largest absolute Gasteiger partial charge is 0.379 e. The van der Waals surface area contributed by atoms with Crippen molar-refractivity contribution in [3.63, 3.8) is 0 Å². The molecular weight excluding hydrogens is 367 g/mol. The molecule has 1 unspecified atom stereocenters.